The minimum atomic E-state index is -0.315. The van der Waals surface area contributed by atoms with Crippen LogP contribution >= 0.6 is 21.6 Å². The molecular formula is C19H32N2O2S2. The van der Waals surface area contributed by atoms with Crippen molar-refractivity contribution in [1.82, 2.24) is 10.3 Å². The van der Waals surface area contributed by atoms with Gasteiger partial charge in [-0.3, -0.25) is 0 Å². The Morgan fingerprint density at radius 2 is 2.04 bits per heavy atom. The zero-order valence-corrected chi connectivity index (χ0v) is 17.9. The Kier molecular flexibility index (Phi) is 9.72. The molecule has 0 aliphatic carbocycles. The predicted octanol–water partition coefficient (Wildman–Crippen LogP) is 5.65. The molecule has 0 aliphatic rings. The van der Waals surface area contributed by atoms with Gasteiger partial charge < -0.3 is 10.1 Å². The third-order valence-electron chi connectivity index (χ3n) is 4.54. The molecule has 25 heavy (non-hydrogen) atoms. The molecule has 3 atom stereocenters. The molecule has 0 aromatic carbocycles. The van der Waals surface area contributed by atoms with Gasteiger partial charge in [0.05, 0.1) is 0 Å². The highest BCUT2D eigenvalue weighted by Gasteiger charge is 2.34. The van der Waals surface area contributed by atoms with Gasteiger partial charge in [-0.25, -0.2) is 9.78 Å². The van der Waals surface area contributed by atoms with Gasteiger partial charge in [0, 0.05) is 18.5 Å². The van der Waals surface area contributed by atoms with Gasteiger partial charge in [0.1, 0.15) is 11.1 Å². The quantitative estimate of drug-likeness (QED) is 0.441. The zero-order chi connectivity index (χ0) is 18.9. The van der Waals surface area contributed by atoms with Crippen LogP contribution in [0.3, 0.4) is 0 Å². The third-order valence-corrected chi connectivity index (χ3v) is 6.81. The Morgan fingerprint density at radius 3 is 2.60 bits per heavy atom. The summed E-state index contributed by atoms with van der Waals surface area (Å²) in [5, 5.41) is 3.85. The molecule has 1 heterocycles. The molecule has 0 fully saturated rings. The van der Waals surface area contributed by atoms with Crippen LogP contribution in [-0.4, -0.2) is 29.5 Å². The SMILES string of the molecule is CCC(C)[C@H](OC(=O)NCCSSc1ccccn1)C(C)C(C)(C)C. The van der Waals surface area contributed by atoms with Gasteiger partial charge in [-0.15, -0.1) is 0 Å². The van der Waals surface area contributed by atoms with Crippen LogP contribution in [0.1, 0.15) is 48.0 Å². The fourth-order valence-electron chi connectivity index (χ4n) is 2.29. The molecule has 142 valence electrons. The van der Waals surface area contributed by atoms with Crippen LogP contribution in [0.2, 0.25) is 0 Å². The summed E-state index contributed by atoms with van der Waals surface area (Å²) in [6.45, 7) is 13.6. The van der Waals surface area contributed by atoms with E-state index in [1.54, 1.807) is 27.8 Å². The van der Waals surface area contributed by atoms with Crippen molar-refractivity contribution in [2.75, 3.05) is 12.3 Å². The lowest BCUT2D eigenvalue weighted by Gasteiger charge is -2.36. The monoisotopic (exact) mass is 384 g/mol. The van der Waals surface area contributed by atoms with E-state index in [9.17, 15) is 4.79 Å². The number of carbonyl (C=O) groups excluding carboxylic acids is 1. The van der Waals surface area contributed by atoms with Crippen molar-refractivity contribution in [3.63, 3.8) is 0 Å². The largest absolute Gasteiger partial charge is 0.446 e. The molecule has 0 spiro atoms. The van der Waals surface area contributed by atoms with Crippen LogP contribution in [0.4, 0.5) is 4.79 Å². The second-order valence-electron chi connectivity index (χ2n) is 7.41. The van der Waals surface area contributed by atoms with Crippen LogP contribution < -0.4 is 5.32 Å². The molecule has 0 saturated carbocycles. The number of hydrogen-bond donors (Lipinski definition) is 1. The van der Waals surface area contributed by atoms with Gasteiger partial charge in [-0.1, -0.05) is 64.8 Å². The molecule has 4 nitrogen and oxygen atoms in total. The van der Waals surface area contributed by atoms with Crippen LogP contribution in [0.25, 0.3) is 0 Å². The maximum Gasteiger partial charge on any atom is 0.407 e. The van der Waals surface area contributed by atoms with Gasteiger partial charge in [0.25, 0.3) is 0 Å². The number of hydrogen-bond acceptors (Lipinski definition) is 5. The van der Waals surface area contributed by atoms with E-state index < -0.39 is 0 Å². The first-order valence-corrected chi connectivity index (χ1v) is 11.2. The summed E-state index contributed by atoms with van der Waals surface area (Å²) in [6, 6.07) is 5.85. The molecule has 2 unspecified atom stereocenters. The minimum absolute atomic E-state index is 0.0689. The Bertz CT molecular complexity index is 506. The van der Waals surface area contributed by atoms with Gasteiger partial charge in [-0.2, -0.15) is 0 Å². The Hall–Kier alpha value is -0.880. The highest BCUT2D eigenvalue weighted by molar-refractivity contribution is 8.76. The van der Waals surface area contributed by atoms with Crippen molar-refractivity contribution in [3.8, 4) is 0 Å². The molecule has 0 saturated heterocycles. The molecule has 0 radical (unpaired) electrons. The molecule has 6 heteroatoms. The van der Waals surface area contributed by atoms with Gasteiger partial charge in [-0.05, 0) is 40.2 Å². The van der Waals surface area contributed by atoms with Crippen LogP contribution in [0, 0.1) is 17.3 Å². The summed E-state index contributed by atoms with van der Waals surface area (Å²) in [6.07, 6.45) is 2.39. The number of ether oxygens (including phenoxy) is 1. The summed E-state index contributed by atoms with van der Waals surface area (Å²) in [5.41, 5.74) is 0.101. The molecule has 1 aromatic heterocycles. The van der Waals surface area contributed by atoms with E-state index >= 15 is 0 Å². The summed E-state index contributed by atoms with van der Waals surface area (Å²) in [4.78, 5) is 16.4. The van der Waals surface area contributed by atoms with E-state index in [2.05, 4.69) is 51.8 Å². The molecule has 1 N–H and O–H groups in total. The van der Waals surface area contributed by atoms with Gasteiger partial charge >= 0.3 is 6.09 Å². The number of rotatable bonds is 9. The van der Waals surface area contributed by atoms with E-state index in [4.69, 9.17) is 4.74 Å². The number of nitrogens with zero attached hydrogens (tertiary/aromatic N) is 1. The molecule has 1 amide bonds. The number of nitrogens with one attached hydrogen (secondary N) is 1. The first-order valence-electron chi connectivity index (χ1n) is 8.90. The standard InChI is InChI=1S/C19H32N2O2S2/c1-7-14(2)17(15(3)19(4,5)6)23-18(22)21-12-13-24-25-16-10-8-9-11-20-16/h8-11,14-15,17H,7,12-13H2,1-6H3,(H,21,22)/t14?,15?,17-/m0/s1. The summed E-state index contributed by atoms with van der Waals surface area (Å²) >= 11 is 0. The fraction of sp³-hybridized carbons (Fsp3) is 0.684. The first kappa shape index (κ1) is 22.2. The van der Waals surface area contributed by atoms with Crippen molar-refractivity contribution in [1.29, 1.82) is 0 Å². The normalized spacial score (nSPS) is 15.3. The summed E-state index contributed by atoms with van der Waals surface area (Å²) < 4.78 is 5.78. The summed E-state index contributed by atoms with van der Waals surface area (Å²) in [5.74, 6) is 1.44. The zero-order valence-electron chi connectivity index (χ0n) is 16.2. The number of carbonyl (C=O) groups is 1. The molecular weight excluding hydrogens is 352 g/mol. The molecule has 0 bridgehead atoms. The lowest BCUT2D eigenvalue weighted by Crippen LogP contribution is -2.41. The number of aromatic nitrogens is 1. The summed E-state index contributed by atoms with van der Waals surface area (Å²) in [7, 11) is 3.29. The van der Waals surface area contributed by atoms with Crippen molar-refractivity contribution >= 4 is 27.7 Å². The fourth-order valence-corrected chi connectivity index (χ4v) is 4.08. The van der Waals surface area contributed by atoms with Crippen LogP contribution in [0.15, 0.2) is 29.4 Å². The minimum Gasteiger partial charge on any atom is -0.446 e. The van der Waals surface area contributed by atoms with Crippen molar-refractivity contribution in [2.45, 2.75) is 59.1 Å². The first-order chi connectivity index (χ1) is 11.8. The average Bonchev–Trinajstić information content (AvgIpc) is 2.58. The lowest BCUT2D eigenvalue weighted by molar-refractivity contribution is -0.00423. The molecule has 1 rings (SSSR count). The van der Waals surface area contributed by atoms with Crippen molar-refractivity contribution in [2.24, 2.45) is 17.3 Å². The number of pyridine rings is 1. The van der Waals surface area contributed by atoms with Crippen molar-refractivity contribution < 1.29 is 9.53 Å². The second-order valence-corrected chi connectivity index (χ2v) is 9.85. The van der Waals surface area contributed by atoms with E-state index in [0.717, 1.165) is 17.2 Å². The lowest BCUT2D eigenvalue weighted by atomic mass is 9.75. The van der Waals surface area contributed by atoms with E-state index in [1.807, 2.05) is 18.2 Å². The molecule has 0 aliphatic heterocycles. The van der Waals surface area contributed by atoms with Crippen LogP contribution in [-0.2, 0) is 4.74 Å². The van der Waals surface area contributed by atoms with Gasteiger partial charge in [0.15, 0.2) is 0 Å². The Labute approximate surface area is 160 Å². The predicted molar refractivity (Wildman–Crippen MR) is 109 cm³/mol. The topological polar surface area (TPSA) is 51.2 Å². The maximum absolute atomic E-state index is 12.2. The van der Waals surface area contributed by atoms with E-state index in [1.165, 1.54) is 0 Å². The maximum atomic E-state index is 12.2. The van der Waals surface area contributed by atoms with Crippen molar-refractivity contribution in [3.05, 3.63) is 24.4 Å². The number of amides is 1. The second kappa shape index (κ2) is 11.0. The third kappa shape index (κ3) is 8.36. The Balaban J connectivity index is 2.36. The van der Waals surface area contributed by atoms with Gasteiger partial charge in [0.2, 0.25) is 0 Å². The Morgan fingerprint density at radius 1 is 1.32 bits per heavy atom. The van der Waals surface area contributed by atoms with E-state index in [0.29, 0.717) is 18.4 Å². The number of alkyl carbamates (subject to hydrolysis) is 1. The average molecular weight is 385 g/mol. The smallest absolute Gasteiger partial charge is 0.407 e. The van der Waals surface area contributed by atoms with E-state index in [-0.39, 0.29) is 17.6 Å². The molecule has 1 aromatic rings. The van der Waals surface area contributed by atoms with Crippen LogP contribution in [0.5, 0.6) is 0 Å². The highest BCUT2D eigenvalue weighted by Crippen LogP contribution is 2.34. The highest BCUT2D eigenvalue weighted by atomic mass is 33.1.